The third-order valence-corrected chi connectivity index (χ3v) is 4.72. The van der Waals surface area contributed by atoms with Gasteiger partial charge in [0.15, 0.2) is 0 Å². The molecule has 1 amide bonds. The lowest BCUT2D eigenvalue weighted by Gasteiger charge is -2.31. The summed E-state index contributed by atoms with van der Waals surface area (Å²) >= 11 is 1.74. The first kappa shape index (κ1) is 19.8. The quantitative estimate of drug-likeness (QED) is 0.515. The van der Waals surface area contributed by atoms with Gasteiger partial charge in [-0.3, -0.25) is 4.79 Å². The van der Waals surface area contributed by atoms with Gasteiger partial charge in [0.2, 0.25) is 5.95 Å². The number of nitrogens with zero attached hydrogens (tertiary/aromatic N) is 3. The van der Waals surface area contributed by atoms with E-state index in [4.69, 9.17) is 0 Å². The van der Waals surface area contributed by atoms with Crippen molar-refractivity contribution in [3.63, 3.8) is 0 Å². The van der Waals surface area contributed by atoms with Gasteiger partial charge in [0, 0.05) is 41.3 Å². The van der Waals surface area contributed by atoms with Crippen LogP contribution in [0.15, 0.2) is 18.2 Å². The predicted molar refractivity (Wildman–Crippen MR) is 100 cm³/mol. The number of hydrogen-bond donors (Lipinski definition) is 1. The molecular formula is C17H15F4IN4O. The maximum Gasteiger partial charge on any atom is 0.262 e. The van der Waals surface area contributed by atoms with Crippen LogP contribution in [0.5, 0.6) is 0 Å². The van der Waals surface area contributed by atoms with Crippen LogP contribution >= 0.6 is 22.6 Å². The number of benzene rings is 1. The van der Waals surface area contributed by atoms with Crippen molar-refractivity contribution in [2.75, 3.05) is 23.3 Å². The average molecular weight is 494 g/mol. The molecule has 1 saturated heterocycles. The molecule has 2 aromatic rings. The number of carbonyl (C=O) groups excluding carboxylic acids is 1. The second-order valence-electron chi connectivity index (χ2n) is 6.24. The molecule has 0 saturated carbocycles. The highest BCUT2D eigenvalue weighted by Crippen LogP contribution is 2.29. The summed E-state index contributed by atoms with van der Waals surface area (Å²) in [6.45, 7) is 1.79. The van der Waals surface area contributed by atoms with E-state index in [2.05, 4.69) is 15.3 Å². The normalized spacial score (nSPS) is 16.3. The first-order chi connectivity index (χ1) is 12.6. The Morgan fingerprint density at radius 1 is 1.15 bits per heavy atom. The van der Waals surface area contributed by atoms with E-state index < -0.39 is 29.0 Å². The summed E-state index contributed by atoms with van der Waals surface area (Å²) in [7, 11) is 0. The van der Waals surface area contributed by atoms with E-state index in [1.807, 2.05) is 0 Å². The molecule has 1 aliphatic heterocycles. The van der Waals surface area contributed by atoms with E-state index in [-0.39, 0.29) is 37.7 Å². The summed E-state index contributed by atoms with van der Waals surface area (Å²) < 4.78 is 54.9. The van der Waals surface area contributed by atoms with Crippen LogP contribution in [0.4, 0.5) is 29.3 Å². The van der Waals surface area contributed by atoms with E-state index in [0.717, 1.165) is 12.1 Å². The lowest BCUT2D eigenvalue weighted by Crippen LogP contribution is -2.40. The highest BCUT2D eigenvalue weighted by molar-refractivity contribution is 14.1. The van der Waals surface area contributed by atoms with Gasteiger partial charge >= 0.3 is 0 Å². The largest absolute Gasteiger partial charge is 0.340 e. The van der Waals surface area contributed by atoms with Crippen molar-refractivity contribution >= 4 is 40.3 Å². The van der Waals surface area contributed by atoms with Crippen molar-refractivity contribution in [3.8, 4) is 0 Å². The minimum Gasteiger partial charge on any atom is -0.340 e. The Hall–Kier alpha value is -1.98. The van der Waals surface area contributed by atoms with Crippen molar-refractivity contribution < 1.29 is 22.4 Å². The first-order valence-corrected chi connectivity index (χ1v) is 9.17. The Bertz CT molecular complexity index is 860. The molecule has 1 N–H and O–H groups in total. The van der Waals surface area contributed by atoms with Gasteiger partial charge in [0.05, 0.1) is 0 Å². The average Bonchev–Trinajstić information content (AvgIpc) is 2.53. The Labute approximate surface area is 166 Å². The zero-order valence-corrected chi connectivity index (χ0v) is 16.4. The first-order valence-electron chi connectivity index (χ1n) is 8.09. The molecule has 1 aliphatic rings. The topological polar surface area (TPSA) is 58.1 Å². The summed E-state index contributed by atoms with van der Waals surface area (Å²) in [5, 5.41) is 2.35. The number of hydrogen-bond acceptors (Lipinski definition) is 4. The van der Waals surface area contributed by atoms with Crippen molar-refractivity contribution in [1.82, 2.24) is 9.97 Å². The van der Waals surface area contributed by atoms with E-state index in [9.17, 15) is 22.4 Å². The fourth-order valence-electron chi connectivity index (χ4n) is 2.73. The molecule has 0 spiro atoms. The van der Waals surface area contributed by atoms with Gasteiger partial charge in [0.25, 0.3) is 11.8 Å². The van der Waals surface area contributed by atoms with Gasteiger partial charge in [-0.1, -0.05) is 0 Å². The Morgan fingerprint density at radius 2 is 1.74 bits per heavy atom. The van der Waals surface area contributed by atoms with E-state index in [1.54, 1.807) is 34.4 Å². The third kappa shape index (κ3) is 4.66. The molecule has 144 valence electrons. The molecule has 1 aromatic carbocycles. The molecule has 5 nitrogen and oxygen atoms in total. The Kier molecular flexibility index (Phi) is 5.54. The van der Waals surface area contributed by atoms with E-state index in [1.165, 1.54) is 6.07 Å². The number of aromatic nitrogens is 2. The minimum absolute atomic E-state index is 0.0391. The van der Waals surface area contributed by atoms with Gasteiger partial charge in [-0.15, -0.1) is 0 Å². The number of aryl methyl sites for hydroxylation is 1. The van der Waals surface area contributed by atoms with Crippen LogP contribution in [0.2, 0.25) is 0 Å². The van der Waals surface area contributed by atoms with Crippen LogP contribution in [0.3, 0.4) is 0 Å². The summed E-state index contributed by atoms with van der Waals surface area (Å²) in [6, 6.07) is 3.52. The molecule has 0 radical (unpaired) electrons. The van der Waals surface area contributed by atoms with Gasteiger partial charge < -0.3 is 10.2 Å². The zero-order valence-electron chi connectivity index (χ0n) is 14.2. The van der Waals surface area contributed by atoms with Gasteiger partial charge in [-0.05, 0) is 41.6 Å². The van der Waals surface area contributed by atoms with Crippen molar-refractivity contribution in [2.24, 2.45) is 0 Å². The number of piperidine rings is 1. The van der Waals surface area contributed by atoms with Crippen LogP contribution in [-0.2, 0) is 0 Å². The van der Waals surface area contributed by atoms with Crippen LogP contribution < -0.4 is 10.2 Å². The van der Waals surface area contributed by atoms with Crippen molar-refractivity contribution in [1.29, 1.82) is 0 Å². The SMILES string of the molecule is Cc1cc(NC(=O)c2c(F)cc(I)cc2F)nc(N2CCC(F)(F)CC2)n1. The molecule has 0 bridgehead atoms. The van der Waals surface area contributed by atoms with E-state index in [0.29, 0.717) is 9.26 Å². The molecule has 2 heterocycles. The maximum absolute atomic E-state index is 14.0. The highest BCUT2D eigenvalue weighted by atomic mass is 127. The van der Waals surface area contributed by atoms with Crippen molar-refractivity contribution in [2.45, 2.75) is 25.7 Å². The standard InChI is InChI=1S/C17H15F4IN4O/c1-9-6-13(24-15(27)14-11(18)7-10(22)8-12(14)19)25-16(23-9)26-4-2-17(20,21)3-5-26/h6-8H,2-5H2,1H3,(H,23,24,25,27). The van der Waals surface area contributed by atoms with Gasteiger partial charge in [-0.2, -0.15) is 4.98 Å². The summed E-state index contributed by atoms with van der Waals surface area (Å²) in [4.78, 5) is 22.2. The fourth-order valence-corrected chi connectivity index (χ4v) is 3.28. The molecule has 27 heavy (non-hydrogen) atoms. The van der Waals surface area contributed by atoms with Crippen molar-refractivity contribution in [3.05, 3.63) is 44.7 Å². The molecular weight excluding hydrogens is 479 g/mol. The molecule has 0 atom stereocenters. The maximum atomic E-state index is 14.0. The second-order valence-corrected chi connectivity index (χ2v) is 7.48. The Balaban J connectivity index is 1.82. The molecule has 0 unspecified atom stereocenters. The van der Waals surface area contributed by atoms with Crippen LogP contribution in [-0.4, -0.2) is 34.9 Å². The van der Waals surface area contributed by atoms with Gasteiger partial charge in [0.1, 0.15) is 23.0 Å². The molecule has 1 aromatic heterocycles. The highest BCUT2D eigenvalue weighted by Gasteiger charge is 2.35. The monoisotopic (exact) mass is 494 g/mol. The number of carbonyl (C=O) groups is 1. The number of anilines is 2. The number of rotatable bonds is 3. The van der Waals surface area contributed by atoms with Gasteiger partial charge in [-0.25, -0.2) is 22.5 Å². The van der Waals surface area contributed by atoms with Crippen LogP contribution in [0, 0.1) is 22.1 Å². The smallest absolute Gasteiger partial charge is 0.262 e. The molecule has 1 fully saturated rings. The minimum atomic E-state index is -2.71. The summed E-state index contributed by atoms with van der Waals surface area (Å²) in [5.74, 6) is -5.45. The fraction of sp³-hybridized carbons (Fsp3) is 0.353. The third-order valence-electron chi connectivity index (χ3n) is 4.10. The zero-order chi connectivity index (χ0) is 19.8. The van der Waals surface area contributed by atoms with Crippen LogP contribution in [0.25, 0.3) is 0 Å². The summed E-state index contributed by atoms with van der Waals surface area (Å²) in [6.07, 6.45) is -0.629. The number of amides is 1. The molecule has 10 heteroatoms. The number of nitrogens with one attached hydrogen (secondary N) is 1. The predicted octanol–water partition coefficient (Wildman–Crippen LogP) is 4.16. The summed E-state index contributed by atoms with van der Waals surface area (Å²) in [5.41, 5.74) is -0.234. The lowest BCUT2D eigenvalue weighted by atomic mass is 10.1. The molecule has 3 rings (SSSR count). The van der Waals surface area contributed by atoms with E-state index >= 15 is 0 Å². The lowest BCUT2D eigenvalue weighted by molar-refractivity contribution is -0.0222. The second kappa shape index (κ2) is 7.56. The number of alkyl halides is 2. The Morgan fingerprint density at radius 3 is 2.33 bits per heavy atom. The van der Waals surface area contributed by atoms with Crippen LogP contribution in [0.1, 0.15) is 28.9 Å². The number of halogens is 5. The molecule has 0 aliphatic carbocycles.